The Morgan fingerprint density at radius 3 is 3.00 bits per heavy atom. The molecule has 17 heavy (non-hydrogen) atoms. The molecule has 2 N–H and O–H groups in total. The Morgan fingerprint density at radius 1 is 1.59 bits per heavy atom. The van der Waals surface area contributed by atoms with Gasteiger partial charge in [0, 0.05) is 6.54 Å². The molecule has 0 fully saturated rings. The maximum atomic E-state index is 6.28. The van der Waals surface area contributed by atoms with Gasteiger partial charge in [0.1, 0.15) is 5.69 Å². The molecule has 0 saturated heterocycles. The van der Waals surface area contributed by atoms with E-state index in [0.717, 1.165) is 30.0 Å². The van der Waals surface area contributed by atoms with E-state index in [2.05, 4.69) is 17.4 Å². The molecule has 92 valence electrons. The fourth-order valence-electron chi connectivity index (χ4n) is 1.85. The van der Waals surface area contributed by atoms with Crippen LogP contribution in [0, 0.1) is 0 Å². The lowest BCUT2D eigenvalue weighted by Gasteiger charge is -2.14. The summed E-state index contributed by atoms with van der Waals surface area (Å²) >= 11 is 1.65. The summed E-state index contributed by atoms with van der Waals surface area (Å²) in [7, 11) is 1.65. The minimum Gasteiger partial charge on any atom is -0.493 e. The van der Waals surface area contributed by atoms with Crippen molar-refractivity contribution in [1.29, 1.82) is 0 Å². The summed E-state index contributed by atoms with van der Waals surface area (Å²) in [5, 5.41) is 8.42. The molecule has 0 amide bonds. The van der Waals surface area contributed by atoms with E-state index in [-0.39, 0.29) is 6.04 Å². The Balaban J connectivity index is 2.38. The van der Waals surface area contributed by atoms with Crippen LogP contribution in [0.15, 0.2) is 23.0 Å². The topological polar surface area (TPSA) is 53.1 Å². The molecule has 2 aromatic heterocycles. The largest absolute Gasteiger partial charge is 0.493 e. The van der Waals surface area contributed by atoms with E-state index in [1.165, 1.54) is 0 Å². The van der Waals surface area contributed by atoms with Gasteiger partial charge in [-0.3, -0.25) is 4.68 Å². The molecule has 4 nitrogen and oxygen atoms in total. The van der Waals surface area contributed by atoms with Crippen LogP contribution < -0.4 is 10.5 Å². The van der Waals surface area contributed by atoms with E-state index in [9.17, 15) is 0 Å². The summed E-state index contributed by atoms with van der Waals surface area (Å²) in [6.45, 7) is 2.98. The lowest BCUT2D eigenvalue weighted by molar-refractivity contribution is 0.404. The maximum absolute atomic E-state index is 6.28. The monoisotopic (exact) mass is 251 g/mol. The standard InChI is InChI=1S/C12H17N3OS/c1-3-5-15-12(10(16-2)7-14-15)11(13)9-4-6-17-8-9/h4,6-8,11H,3,5,13H2,1-2H3. The Morgan fingerprint density at radius 2 is 2.41 bits per heavy atom. The average Bonchev–Trinajstić information content (AvgIpc) is 2.97. The number of aromatic nitrogens is 2. The van der Waals surface area contributed by atoms with Crippen LogP contribution in [0.2, 0.25) is 0 Å². The van der Waals surface area contributed by atoms with Crippen LogP contribution in [-0.4, -0.2) is 16.9 Å². The number of rotatable bonds is 5. The van der Waals surface area contributed by atoms with Crippen LogP contribution >= 0.6 is 11.3 Å². The van der Waals surface area contributed by atoms with Gasteiger partial charge in [-0.2, -0.15) is 16.4 Å². The molecule has 0 aliphatic rings. The predicted molar refractivity (Wildman–Crippen MR) is 69.4 cm³/mol. The molecular weight excluding hydrogens is 234 g/mol. The van der Waals surface area contributed by atoms with Gasteiger partial charge in [0.15, 0.2) is 5.75 Å². The molecule has 2 aromatic rings. The van der Waals surface area contributed by atoms with E-state index in [0.29, 0.717) is 0 Å². The first kappa shape index (κ1) is 12.1. The van der Waals surface area contributed by atoms with Gasteiger partial charge in [-0.1, -0.05) is 6.92 Å². The van der Waals surface area contributed by atoms with Crippen LogP contribution in [0.5, 0.6) is 5.75 Å². The van der Waals surface area contributed by atoms with Crippen molar-refractivity contribution in [2.24, 2.45) is 5.73 Å². The number of nitrogens with two attached hydrogens (primary N) is 1. The van der Waals surface area contributed by atoms with Gasteiger partial charge < -0.3 is 10.5 Å². The molecular formula is C12H17N3OS. The lowest BCUT2D eigenvalue weighted by Crippen LogP contribution is -2.17. The Hall–Kier alpha value is -1.33. The van der Waals surface area contributed by atoms with Gasteiger partial charge in [0.25, 0.3) is 0 Å². The molecule has 1 atom stereocenters. The first-order valence-corrected chi connectivity index (χ1v) is 6.59. The maximum Gasteiger partial charge on any atom is 0.161 e. The zero-order valence-corrected chi connectivity index (χ0v) is 10.9. The normalized spacial score (nSPS) is 12.6. The highest BCUT2D eigenvalue weighted by molar-refractivity contribution is 7.08. The van der Waals surface area contributed by atoms with Crippen molar-refractivity contribution < 1.29 is 4.74 Å². The molecule has 0 aliphatic heterocycles. The van der Waals surface area contributed by atoms with Gasteiger partial charge in [0.2, 0.25) is 0 Å². The quantitative estimate of drug-likeness (QED) is 0.888. The smallest absolute Gasteiger partial charge is 0.161 e. The fraction of sp³-hybridized carbons (Fsp3) is 0.417. The van der Waals surface area contributed by atoms with Crippen LogP contribution in [0.3, 0.4) is 0 Å². The average molecular weight is 251 g/mol. The zero-order valence-electron chi connectivity index (χ0n) is 10.1. The summed E-state index contributed by atoms with van der Waals surface area (Å²) in [5.41, 5.74) is 8.33. The second-order valence-electron chi connectivity index (χ2n) is 3.86. The molecule has 0 bridgehead atoms. The first-order chi connectivity index (χ1) is 8.27. The summed E-state index contributed by atoms with van der Waals surface area (Å²) < 4.78 is 7.26. The fourth-order valence-corrected chi connectivity index (χ4v) is 2.55. The van der Waals surface area contributed by atoms with E-state index in [4.69, 9.17) is 10.5 Å². The second-order valence-corrected chi connectivity index (χ2v) is 4.64. The van der Waals surface area contributed by atoms with Crippen molar-refractivity contribution in [2.75, 3.05) is 7.11 Å². The van der Waals surface area contributed by atoms with Gasteiger partial charge in [-0.05, 0) is 28.8 Å². The molecule has 2 heterocycles. The number of ether oxygens (including phenoxy) is 1. The molecule has 0 spiro atoms. The van der Waals surface area contributed by atoms with Crippen molar-refractivity contribution in [3.63, 3.8) is 0 Å². The molecule has 1 unspecified atom stereocenters. The molecule has 0 radical (unpaired) electrons. The number of methoxy groups -OCH3 is 1. The third-order valence-electron chi connectivity index (χ3n) is 2.70. The van der Waals surface area contributed by atoms with E-state index < -0.39 is 0 Å². The van der Waals surface area contributed by atoms with E-state index >= 15 is 0 Å². The highest BCUT2D eigenvalue weighted by Gasteiger charge is 2.20. The van der Waals surface area contributed by atoms with Crippen LogP contribution in [0.4, 0.5) is 0 Å². The number of hydrogen-bond acceptors (Lipinski definition) is 4. The molecule has 0 aliphatic carbocycles. The summed E-state index contributed by atoms with van der Waals surface area (Å²) in [5.74, 6) is 0.761. The van der Waals surface area contributed by atoms with Crippen molar-refractivity contribution in [2.45, 2.75) is 25.9 Å². The van der Waals surface area contributed by atoms with Gasteiger partial charge in [0.05, 0.1) is 19.3 Å². The highest BCUT2D eigenvalue weighted by atomic mass is 32.1. The Kier molecular flexibility index (Phi) is 3.81. The zero-order chi connectivity index (χ0) is 12.3. The Labute approximate surface area is 105 Å². The van der Waals surface area contributed by atoms with Gasteiger partial charge in [-0.15, -0.1) is 0 Å². The second kappa shape index (κ2) is 5.33. The molecule has 0 saturated carbocycles. The van der Waals surface area contributed by atoms with Gasteiger partial charge >= 0.3 is 0 Å². The van der Waals surface area contributed by atoms with E-state index in [1.807, 2.05) is 16.1 Å². The van der Waals surface area contributed by atoms with Crippen molar-refractivity contribution in [3.05, 3.63) is 34.3 Å². The minimum absolute atomic E-state index is 0.176. The summed E-state index contributed by atoms with van der Waals surface area (Å²) in [4.78, 5) is 0. The van der Waals surface area contributed by atoms with Crippen molar-refractivity contribution in [3.8, 4) is 5.75 Å². The molecule has 5 heteroatoms. The minimum atomic E-state index is -0.176. The third-order valence-corrected chi connectivity index (χ3v) is 3.40. The lowest BCUT2D eigenvalue weighted by atomic mass is 10.1. The summed E-state index contributed by atoms with van der Waals surface area (Å²) in [6, 6.07) is 1.86. The Bertz CT molecular complexity index is 464. The molecule has 0 aromatic carbocycles. The SMILES string of the molecule is CCCn1ncc(OC)c1C(N)c1ccsc1. The number of thiophene rings is 1. The van der Waals surface area contributed by atoms with Crippen LogP contribution in [0.1, 0.15) is 30.6 Å². The van der Waals surface area contributed by atoms with Crippen LogP contribution in [-0.2, 0) is 6.54 Å². The first-order valence-electron chi connectivity index (χ1n) is 5.65. The van der Waals surface area contributed by atoms with Crippen molar-refractivity contribution in [1.82, 2.24) is 9.78 Å². The predicted octanol–water partition coefficient (Wildman–Crippen LogP) is 2.41. The number of nitrogens with zero attached hydrogens (tertiary/aromatic N) is 2. The number of aryl methyl sites for hydroxylation is 1. The van der Waals surface area contributed by atoms with Gasteiger partial charge in [-0.25, -0.2) is 0 Å². The number of hydrogen-bond donors (Lipinski definition) is 1. The van der Waals surface area contributed by atoms with Crippen molar-refractivity contribution >= 4 is 11.3 Å². The highest BCUT2D eigenvalue weighted by Crippen LogP contribution is 2.29. The van der Waals surface area contributed by atoms with Crippen LogP contribution in [0.25, 0.3) is 0 Å². The van der Waals surface area contributed by atoms with E-state index in [1.54, 1.807) is 24.6 Å². The summed E-state index contributed by atoms with van der Waals surface area (Å²) in [6.07, 6.45) is 2.76. The third kappa shape index (κ3) is 2.35. The molecule has 2 rings (SSSR count).